The maximum atomic E-state index is 13.7. The lowest BCUT2D eigenvalue weighted by molar-refractivity contribution is -0.121. The van der Waals surface area contributed by atoms with Crippen molar-refractivity contribution < 1.29 is 22.8 Å². The van der Waals surface area contributed by atoms with Crippen molar-refractivity contribution in [2.45, 2.75) is 110 Å². The van der Waals surface area contributed by atoms with Gasteiger partial charge in [0.05, 0.1) is 12.3 Å². The summed E-state index contributed by atoms with van der Waals surface area (Å²) in [6.07, 6.45) is 9.13. The number of fused-ring (bicyclic) bond motifs is 4. The lowest BCUT2D eigenvalue weighted by Crippen LogP contribution is -2.41. The summed E-state index contributed by atoms with van der Waals surface area (Å²) in [5.74, 6) is -0.362. The molecule has 4 aliphatic carbocycles. The van der Waals surface area contributed by atoms with Gasteiger partial charge >= 0.3 is 12.1 Å². The third kappa shape index (κ3) is 9.93. The van der Waals surface area contributed by atoms with E-state index in [0.29, 0.717) is 19.6 Å². The number of carbonyl (C=O) groups is 3. The zero-order chi connectivity index (χ0) is 43.4. The van der Waals surface area contributed by atoms with Crippen molar-refractivity contribution in [3.05, 3.63) is 128 Å². The monoisotopic (exact) mass is 858 g/mol. The molecule has 0 saturated carbocycles. The van der Waals surface area contributed by atoms with Gasteiger partial charge in [0.25, 0.3) is 0 Å². The highest BCUT2D eigenvalue weighted by molar-refractivity contribution is 7.90. The number of benzene rings is 4. The summed E-state index contributed by atoms with van der Waals surface area (Å²) in [5, 5.41) is 8.92. The standard InChI is InChI=1S/C50H62N6O5S/c1-4-55(29-34-14-8-6-9-15-34)28-33(3)32-62(60,61)54-50(59)52-47-39-20-13-19-37(39)27-44-41(24-25-43(44)47)42-23-22-38-26-36-18-12-21-40(36)48(46(38)42)53-49(58)51-45(57)31-56(5-2)30-35-16-10-7-11-17-35/h6-11,14-17,26-27,33,41-42H,4-5,12-13,18-25,28-32H2,1-3H3,(H2,52,54,59)(H2,51,53,57,58). The van der Waals surface area contributed by atoms with Crippen LogP contribution in [0.5, 0.6) is 0 Å². The predicted octanol–water partition coefficient (Wildman–Crippen LogP) is 8.20. The van der Waals surface area contributed by atoms with Crippen molar-refractivity contribution in [2.75, 3.05) is 42.6 Å². The molecule has 4 aromatic rings. The molecule has 0 heterocycles. The van der Waals surface area contributed by atoms with Crippen molar-refractivity contribution >= 4 is 39.4 Å². The van der Waals surface area contributed by atoms with E-state index in [1.165, 1.54) is 38.9 Å². The first kappa shape index (κ1) is 43.6. The molecule has 0 fully saturated rings. The number of carbonyl (C=O) groups excluding carboxylic acids is 3. The van der Waals surface area contributed by atoms with Crippen LogP contribution in [-0.2, 0) is 66.4 Å². The van der Waals surface area contributed by atoms with E-state index in [1.807, 2.05) is 67.3 Å². The molecule has 0 aliphatic heterocycles. The molecule has 3 unspecified atom stereocenters. The highest BCUT2D eigenvalue weighted by atomic mass is 32.2. The Hall–Kier alpha value is -5.04. The molecule has 0 saturated heterocycles. The van der Waals surface area contributed by atoms with E-state index in [4.69, 9.17) is 0 Å². The quantitative estimate of drug-likeness (QED) is 0.0891. The van der Waals surface area contributed by atoms with E-state index >= 15 is 0 Å². The van der Waals surface area contributed by atoms with Crippen molar-refractivity contribution in [1.29, 1.82) is 0 Å². The number of amides is 5. The van der Waals surface area contributed by atoms with Crippen LogP contribution in [0.3, 0.4) is 0 Å². The first-order valence-electron chi connectivity index (χ1n) is 22.8. The van der Waals surface area contributed by atoms with Gasteiger partial charge in [-0.05, 0) is 151 Å². The number of rotatable bonds is 16. The molecule has 0 aromatic heterocycles. The molecular weight excluding hydrogens is 797 g/mol. The summed E-state index contributed by atoms with van der Waals surface area (Å²) in [6, 6.07) is 23.7. The zero-order valence-electron chi connectivity index (χ0n) is 36.5. The SMILES string of the molecule is CCN(CC(=O)NC(=O)Nc1c2c(cc3c1C(C1CCc4c1cc1c(c4NC(=O)NS(=O)(=O)CC(C)CN(CC)Cc4ccccc4)CCC1)CC3)CCC2)Cc1ccccc1. The van der Waals surface area contributed by atoms with Crippen LogP contribution < -0.4 is 20.7 Å². The van der Waals surface area contributed by atoms with Crippen molar-refractivity contribution in [3.63, 3.8) is 0 Å². The van der Waals surface area contributed by atoms with Crippen LogP contribution in [0.4, 0.5) is 21.0 Å². The van der Waals surface area contributed by atoms with Gasteiger partial charge in [-0.1, -0.05) is 93.6 Å². The number of anilines is 2. The Kier molecular flexibility index (Phi) is 13.5. The average molecular weight is 859 g/mol. The first-order valence-corrected chi connectivity index (χ1v) is 24.4. The molecule has 62 heavy (non-hydrogen) atoms. The number of aryl methyl sites for hydroxylation is 3. The molecule has 0 spiro atoms. The van der Waals surface area contributed by atoms with Gasteiger partial charge in [0.1, 0.15) is 0 Å². The van der Waals surface area contributed by atoms with Gasteiger partial charge in [-0.2, -0.15) is 0 Å². The van der Waals surface area contributed by atoms with Gasteiger partial charge in [0.15, 0.2) is 0 Å². The van der Waals surface area contributed by atoms with Crippen LogP contribution in [0.25, 0.3) is 0 Å². The minimum absolute atomic E-state index is 0.113. The first-order chi connectivity index (χ1) is 30.0. The third-order valence-electron chi connectivity index (χ3n) is 13.6. The minimum atomic E-state index is -3.91. The molecule has 4 N–H and O–H groups in total. The van der Waals surface area contributed by atoms with E-state index in [9.17, 15) is 22.8 Å². The molecule has 0 bridgehead atoms. The van der Waals surface area contributed by atoms with Crippen LogP contribution in [-0.4, -0.2) is 68.1 Å². The summed E-state index contributed by atoms with van der Waals surface area (Å²) in [4.78, 5) is 44.8. The fraction of sp³-hybridized carbons (Fsp3) is 0.460. The second kappa shape index (κ2) is 19.1. The molecule has 4 aliphatic rings. The van der Waals surface area contributed by atoms with E-state index in [1.54, 1.807) is 0 Å². The fourth-order valence-electron chi connectivity index (χ4n) is 10.9. The number of imide groups is 1. The molecule has 11 nitrogen and oxygen atoms in total. The largest absolute Gasteiger partial charge is 0.332 e. The molecule has 328 valence electrons. The van der Waals surface area contributed by atoms with Crippen LogP contribution in [0.2, 0.25) is 0 Å². The van der Waals surface area contributed by atoms with Crippen LogP contribution in [0.15, 0.2) is 72.8 Å². The van der Waals surface area contributed by atoms with E-state index < -0.39 is 22.1 Å². The van der Waals surface area contributed by atoms with Gasteiger partial charge in [0, 0.05) is 31.0 Å². The lowest BCUT2D eigenvalue weighted by Gasteiger charge is -2.26. The Bertz CT molecular complexity index is 2410. The summed E-state index contributed by atoms with van der Waals surface area (Å²) in [6.45, 7) is 9.52. The number of nitrogens with zero attached hydrogens (tertiary/aromatic N) is 2. The van der Waals surface area contributed by atoms with Gasteiger partial charge in [-0.3, -0.25) is 19.9 Å². The normalized spacial score (nSPS) is 18.0. The Morgan fingerprint density at radius 1 is 0.677 bits per heavy atom. The summed E-state index contributed by atoms with van der Waals surface area (Å²) in [5.41, 5.74) is 13.5. The zero-order valence-corrected chi connectivity index (χ0v) is 37.3. The molecule has 3 atom stereocenters. The van der Waals surface area contributed by atoms with Crippen LogP contribution in [0, 0.1) is 5.92 Å². The fourth-order valence-corrected chi connectivity index (χ4v) is 12.1. The Labute approximate surface area is 367 Å². The maximum absolute atomic E-state index is 13.7. The van der Waals surface area contributed by atoms with Gasteiger partial charge in [0.2, 0.25) is 15.9 Å². The average Bonchev–Trinajstić information content (AvgIpc) is 4.07. The lowest BCUT2D eigenvalue weighted by atomic mass is 9.81. The minimum Gasteiger partial charge on any atom is -0.307 e. The second-order valence-electron chi connectivity index (χ2n) is 18.0. The van der Waals surface area contributed by atoms with Gasteiger partial charge in [-0.15, -0.1) is 0 Å². The smallest absolute Gasteiger partial charge is 0.307 e. The summed E-state index contributed by atoms with van der Waals surface area (Å²) < 4.78 is 29.2. The molecule has 12 heteroatoms. The summed E-state index contributed by atoms with van der Waals surface area (Å²) in [7, 11) is -3.91. The van der Waals surface area contributed by atoms with Gasteiger partial charge < -0.3 is 10.6 Å². The highest BCUT2D eigenvalue weighted by Gasteiger charge is 2.40. The van der Waals surface area contributed by atoms with E-state index in [0.717, 1.165) is 105 Å². The topological polar surface area (TPSA) is 140 Å². The van der Waals surface area contributed by atoms with Gasteiger partial charge in [-0.25, -0.2) is 22.7 Å². The number of sulfonamides is 1. The number of hydrogen-bond acceptors (Lipinski definition) is 7. The van der Waals surface area contributed by atoms with E-state index in [-0.39, 0.29) is 36.0 Å². The molecule has 5 amide bonds. The van der Waals surface area contributed by atoms with E-state index in [2.05, 4.69) is 56.8 Å². The molecular formula is C50H62N6O5S. The van der Waals surface area contributed by atoms with Crippen LogP contribution in [0.1, 0.15) is 114 Å². The third-order valence-corrected chi connectivity index (χ3v) is 15.1. The molecule has 8 rings (SSSR count). The maximum Gasteiger partial charge on any atom is 0.332 e. The Balaban J connectivity index is 0.971. The summed E-state index contributed by atoms with van der Waals surface area (Å²) >= 11 is 0. The Morgan fingerprint density at radius 3 is 1.94 bits per heavy atom. The Morgan fingerprint density at radius 2 is 1.27 bits per heavy atom. The van der Waals surface area contributed by atoms with Crippen LogP contribution >= 0.6 is 0 Å². The molecule has 0 radical (unpaired) electrons. The number of hydrogen-bond donors (Lipinski definition) is 4. The predicted molar refractivity (Wildman–Crippen MR) is 246 cm³/mol. The number of urea groups is 2. The highest BCUT2D eigenvalue weighted by Crippen LogP contribution is 2.55. The van der Waals surface area contributed by atoms with Crippen molar-refractivity contribution in [2.24, 2.45) is 5.92 Å². The number of nitrogens with one attached hydrogen (secondary N) is 4. The van der Waals surface area contributed by atoms with Crippen molar-refractivity contribution in [1.82, 2.24) is 19.8 Å². The number of likely N-dealkylation sites (N-methyl/N-ethyl adjacent to an activating group) is 1. The molecule has 4 aromatic carbocycles. The van der Waals surface area contributed by atoms with Crippen molar-refractivity contribution in [3.8, 4) is 0 Å². The second-order valence-corrected chi connectivity index (χ2v) is 19.7.